The number of rotatable bonds is 10. The molecular formula is C32H58N2O. The van der Waals surface area contributed by atoms with Gasteiger partial charge in [0.15, 0.2) is 0 Å². The first-order valence-corrected chi connectivity index (χ1v) is 15.6. The number of hydrogen-bond donors (Lipinski definition) is 1. The van der Waals surface area contributed by atoms with Gasteiger partial charge in [0.2, 0.25) is 5.91 Å². The summed E-state index contributed by atoms with van der Waals surface area (Å²) >= 11 is 0. The van der Waals surface area contributed by atoms with Crippen LogP contribution in [-0.4, -0.2) is 38.0 Å². The first-order chi connectivity index (χ1) is 16.6. The Balaban J connectivity index is 1.25. The summed E-state index contributed by atoms with van der Waals surface area (Å²) in [5.74, 6) is 6.41. The first-order valence-electron chi connectivity index (χ1n) is 15.6. The summed E-state index contributed by atoms with van der Waals surface area (Å²) < 4.78 is 0. The minimum Gasteiger partial charge on any atom is -0.356 e. The van der Waals surface area contributed by atoms with E-state index in [0.29, 0.717) is 22.7 Å². The van der Waals surface area contributed by atoms with Crippen LogP contribution in [0.2, 0.25) is 0 Å². The van der Waals surface area contributed by atoms with Crippen LogP contribution in [-0.2, 0) is 4.79 Å². The number of carbonyl (C=O) groups excluding carboxylic acids is 1. The highest BCUT2D eigenvalue weighted by atomic mass is 16.1. The molecule has 4 saturated carbocycles. The van der Waals surface area contributed by atoms with Crippen LogP contribution in [0.3, 0.4) is 0 Å². The van der Waals surface area contributed by atoms with Crippen molar-refractivity contribution < 1.29 is 4.79 Å². The van der Waals surface area contributed by atoms with Gasteiger partial charge in [-0.05, 0) is 144 Å². The number of hydrogen-bond acceptors (Lipinski definition) is 2. The maximum Gasteiger partial charge on any atom is 0.220 e. The average Bonchev–Trinajstić information content (AvgIpc) is 3.18. The van der Waals surface area contributed by atoms with E-state index in [-0.39, 0.29) is 5.91 Å². The number of nitrogens with zero attached hydrogens (tertiary/aromatic N) is 1. The van der Waals surface area contributed by atoms with Gasteiger partial charge in [-0.2, -0.15) is 0 Å². The van der Waals surface area contributed by atoms with Gasteiger partial charge in [-0.25, -0.2) is 0 Å². The molecule has 0 aliphatic heterocycles. The molecule has 9 atom stereocenters. The summed E-state index contributed by atoms with van der Waals surface area (Å²) in [6, 6.07) is 0. The largest absolute Gasteiger partial charge is 0.356 e. The lowest BCUT2D eigenvalue weighted by atomic mass is 9.44. The van der Waals surface area contributed by atoms with E-state index >= 15 is 0 Å². The van der Waals surface area contributed by atoms with Gasteiger partial charge in [0.05, 0.1) is 0 Å². The Bertz CT molecular complexity index is 706. The van der Waals surface area contributed by atoms with Crippen LogP contribution in [0, 0.1) is 52.3 Å². The Labute approximate surface area is 218 Å². The van der Waals surface area contributed by atoms with Gasteiger partial charge in [0.25, 0.3) is 0 Å². The summed E-state index contributed by atoms with van der Waals surface area (Å²) in [5, 5.41) is 3.23. The summed E-state index contributed by atoms with van der Waals surface area (Å²) in [4.78, 5) is 14.9. The zero-order valence-electron chi connectivity index (χ0n) is 24.2. The number of fused-ring (bicyclic) bond motifs is 5. The lowest BCUT2D eigenvalue weighted by Crippen LogP contribution is -2.53. The van der Waals surface area contributed by atoms with Crippen molar-refractivity contribution in [2.24, 2.45) is 52.3 Å². The third kappa shape index (κ3) is 5.80. The highest BCUT2D eigenvalue weighted by molar-refractivity contribution is 5.75. The van der Waals surface area contributed by atoms with Gasteiger partial charge >= 0.3 is 0 Å². The van der Waals surface area contributed by atoms with Crippen LogP contribution in [0.5, 0.6) is 0 Å². The van der Waals surface area contributed by atoms with Crippen molar-refractivity contribution in [3.05, 3.63) is 0 Å². The molecule has 0 radical (unpaired) electrons. The van der Waals surface area contributed by atoms with Crippen molar-refractivity contribution in [3.63, 3.8) is 0 Å². The summed E-state index contributed by atoms with van der Waals surface area (Å²) in [6.45, 7) is 12.1. The fourth-order valence-electron chi connectivity index (χ4n) is 10.00. The predicted octanol–water partition coefficient (Wildman–Crippen LogP) is 7.55. The SMILES string of the molecule is CC(CCNC(=O)CC[C@@H](C)[C@H]1CC[C@H]2[C@@H]3CCC4CCCC[C@]4(C)[C@H]3CC[C@]12C)CCN(C)C. The molecule has 0 aromatic carbocycles. The second kappa shape index (κ2) is 11.4. The Kier molecular flexibility index (Phi) is 8.98. The van der Waals surface area contributed by atoms with Gasteiger partial charge in [-0.15, -0.1) is 0 Å². The van der Waals surface area contributed by atoms with Crippen molar-refractivity contribution >= 4 is 5.91 Å². The minimum absolute atomic E-state index is 0.281. The molecule has 3 nitrogen and oxygen atoms in total. The van der Waals surface area contributed by atoms with Crippen LogP contribution < -0.4 is 5.32 Å². The lowest BCUT2D eigenvalue weighted by molar-refractivity contribution is -0.122. The molecule has 4 fully saturated rings. The molecule has 1 N–H and O–H groups in total. The molecule has 2 unspecified atom stereocenters. The van der Waals surface area contributed by atoms with E-state index in [0.717, 1.165) is 61.9 Å². The molecule has 0 saturated heterocycles. The molecule has 4 rings (SSSR count). The van der Waals surface area contributed by atoms with Gasteiger partial charge in [-0.1, -0.05) is 40.5 Å². The van der Waals surface area contributed by atoms with Crippen molar-refractivity contribution in [2.75, 3.05) is 27.2 Å². The van der Waals surface area contributed by atoms with Gasteiger partial charge < -0.3 is 10.2 Å². The van der Waals surface area contributed by atoms with E-state index in [1.54, 1.807) is 0 Å². The zero-order valence-corrected chi connectivity index (χ0v) is 24.2. The molecule has 3 heteroatoms. The van der Waals surface area contributed by atoms with E-state index in [1.165, 1.54) is 70.6 Å². The van der Waals surface area contributed by atoms with Crippen LogP contribution in [0.25, 0.3) is 0 Å². The topological polar surface area (TPSA) is 32.3 Å². The Hall–Kier alpha value is -0.570. The third-order valence-electron chi connectivity index (χ3n) is 12.2. The predicted molar refractivity (Wildman–Crippen MR) is 148 cm³/mol. The normalized spacial score (nSPS) is 40.5. The molecule has 35 heavy (non-hydrogen) atoms. The molecule has 4 aliphatic rings. The quantitative estimate of drug-likeness (QED) is 0.346. The Morgan fingerprint density at radius 1 is 0.886 bits per heavy atom. The zero-order chi connectivity index (χ0) is 25.2. The van der Waals surface area contributed by atoms with Crippen LogP contribution in [0.15, 0.2) is 0 Å². The molecule has 202 valence electrons. The molecule has 1 amide bonds. The van der Waals surface area contributed by atoms with E-state index < -0.39 is 0 Å². The fourth-order valence-corrected chi connectivity index (χ4v) is 10.00. The van der Waals surface area contributed by atoms with E-state index in [9.17, 15) is 4.79 Å². The number of amides is 1. The highest BCUT2D eigenvalue weighted by Crippen LogP contribution is 2.68. The Morgan fingerprint density at radius 2 is 1.66 bits per heavy atom. The van der Waals surface area contributed by atoms with E-state index in [2.05, 4.69) is 52.0 Å². The minimum atomic E-state index is 0.281. The van der Waals surface area contributed by atoms with Crippen molar-refractivity contribution in [1.29, 1.82) is 0 Å². The van der Waals surface area contributed by atoms with Crippen LogP contribution in [0.1, 0.15) is 118 Å². The molecule has 4 aliphatic carbocycles. The number of nitrogens with one attached hydrogen (secondary N) is 1. The lowest BCUT2D eigenvalue weighted by Gasteiger charge is -2.61. The van der Waals surface area contributed by atoms with Crippen molar-refractivity contribution in [3.8, 4) is 0 Å². The van der Waals surface area contributed by atoms with Gasteiger partial charge in [0.1, 0.15) is 0 Å². The van der Waals surface area contributed by atoms with Crippen LogP contribution in [0.4, 0.5) is 0 Å². The van der Waals surface area contributed by atoms with Crippen LogP contribution >= 0.6 is 0 Å². The van der Waals surface area contributed by atoms with Gasteiger partial charge in [-0.3, -0.25) is 4.79 Å². The van der Waals surface area contributed by atoms with Gasteiger partial charge in [0, 0.05) is 13.0 Å². The molecule has 0 heterocycles. The molecule has 0 bridgehead atoms. The molecule has 0 aromatic heterocycles. The van der Waals surface area contributed by atoms with E-state index in [4.69, 9.17) is 0 Å². The second-order valence-electron chi connectivity index (χ2n) is 14.5. The third-order valence-corrected chi connectivity index (χ3v) is 12.2. The Morgan fingerprint density at radius 3 is 2.43 bits per heavy atom. The average molecular weight is 487 g/mol. The molecular weight excluding hydrogens is 428 g/mol. The second-order valence-corrected chi connectivity index (χ2v) is 14.5. The maximum absolute atomic E-state index is 12.6. The highest BCUT2D eigenvalue weighted by Gasteiger charge is 2.60. The standard InChI is InChI=1S/C32H58N2O/c1-23(18-22-34(5)6)17-21-33-30(35)15-10-24(2)27-13-14-28-26-12-11-25-9-7-8-19-31(25,3)29(26)16-20-32(27,28)4/h23-29H,7-22H2,1-6H3,(H,33,35)/t23?,24-,25?,26+,27-,28+,29+,31+,32-/m1/s1. The van der Waals surface area contributed by atoms with Crippen molar-refractivity contribution in [1.82, 2.24) is 10.2 Å². The fraction of sp³-hybridized carbons (Fsp3) is 0.969. The summed E-state index contributed by atoms with van der Waals surface area (Å²) in [7, 11) is 4.27. The first kappa shape index (κ1) is 27.5. The number of carbonyl (C=O) groups is 1. The van der Waals surface area contributed by atoms with E-state index in [1.807, 2.05) is 0 Å². The summed E-state index contributed by atoms with van der Waals surface area (Å²) in [6.07, 6.45) is 18.9. The molecule has 0 aromatic rings. The smallest absolute Gasteiger partial charge is 0.220 e. The summed E-state index contributed by atoms with van der Waals surface area (Å²) in [5.41, 5.74) is 1.17. The monoisotopic (exact) mass is 486 g/mol. The van der Waals surface area contributed by atoms with Crippen molar-refractivity contribution in [2.45, 2.75) is 118 Å². The molecule has 0 spiro atoms. The maximum atomic E-state index is 12.6.